The number of sulfonamides is 1. The molecule has 118 valence electrons. The highest BCUT2D eigenvalue weighted by atomic mass is 32.2. The monoisotopic (exact) mass is 315 g/mol. The number of hydrogen-bond donors (Lipinski definition) is 3. The first-order chi connectivity index (χ1) is 9.81. The first kappa shape index (κ1) is 16.0. The molecule has 1 fully saturated rings. The Kier molecular flexibility index (Phi) is 4.70. The zero-order valence-electron chi connectivity index (χ0n) is 12.2. The van der Waals surface area contributed by atoms with Crippen LogP contribution in [0.15, 0.2) is 17.2 Å². The summed E-state index contributed by atoms with van der Waals surface area (Å²) in [6.07, 6.45) is 2.85. The van der Waals surface area contributed by atoms with Gasteiger partial charge in [-0.3, -0.25) is 0 Å². The van der Waals surface area contributed by atoms with Gasteiger partial charge in [-0.15, -0.1) is 0 Å². The van der Waals surface area contributed by atoms with Crippen molar-refractivity contribution in [3.05, 3.63) is 18.0 Å². The number of rotatable bonds is 5. The van der Waals surface area contributed by atoms with E-state index in [9.17, 15) is 18.3 Å². The number of carbonyl (C=O) groups is 1. The third-order valence-corrected chi connectivity index (χ3v) is 5.06. The molecule has 8 heteroatoms. The predicted octanol–water partition coefficient (Wildman–Crippen LogP) is 0.798. The summed E-state index contributed by atoms with van der Waals surface area (Å²) in [4.78, 5) is 11.2. The van der Waals surface area contributed by atoms with Crippen LogP contribution in [0.4, 0.5) is 0 Å². The summed E-state index contributed by atoms with van der Waals surface area (Å²) in [5.74, 6) is -1.13. The van der Waals surface area contributed by atoms with Gasteiger partial charge in [0.25, 0.3) is 0 Å². The van der Waals surface area contributed by atoms with E-state index in [1.165, 1.54) is 16.8 Å². The number of nitrogens with zero attached hydrogens (tertiary/aromatic N) is 1. The summed E-state index contributed by atoms with van der Waals surface area (Å²) in [7, 11) is -3.69. The molecule has 1 aromatic heterocycles. The van der Waals surface area contributed by atoms with Crippen LogP contribution < -0.4 is 10.0 Å². The Morgan fingerprint density at radius 2 is 2.05 bits per heavy atom. The topological polar surface area (TPSA) is 100 Å². The van der Waals surface area contributed by atoms with Crippen LogP contribution in [0.3, 0.4) is 0 Å². The quantitative estimate of drug-likeness (QED) is 0.746. The Balaban J connectivity index is 2.27. The van der Waals surface area contributed by atoms with E-state index in [0.29, 0.717) is 0 Å². The molecule has 0 aromatic carbocycles. The zero-order valence-corrected chi connectivity index (χ0v) is 13.0. The Morgan fingerprint density at radius 3 is 2.52 bits per heavy atom. The standard InChI is InChI=1S/C13H21N3O4S/c1-9(2)16-8-11(7-12(16)13(17)18)21(19,20)15-10-3-5-14-6-4-10/h7-10,14-15H,3-6H2,1-2H3,(H,17,18). The highest BCUT2D eigenvalue weighted by Gasteiger charge is 2.25. The van der Waals surface area contributed by atoms with Gasteiger partial charge in [-0.2, -0.15) is 0 Å². The van der Waals surface area contributed by atoms with E-state index in [0.717, 1.165) is 25.9 Å². The SMILES string of the molecule is CC(C)n1cc(S(=O)(=O)NC2CCNCC2)cc1C(=O)O. The van der Waals surface area contributed by atoms with Crippen LogP contribution in [0, 0.1) is 0 Å². The summed E-state index contributed by atoms with van der Waals surface area (Å²) >= 11 is 0. The molecule has 0 spiro atoms. The average molecular weight is 315 g/mol. The molecule has 1 aliphatic heterocycles. The van der Waals surface area contributed by atoms with Crippen LogP contribution in [-0.4, -0.2) is 43.2 Å². The van der Waals surface area contributed by atoms with Crippen LogP contribution in [0.1, 0.15) is 43.2 Å². The molecule has 1 saturated heterocycles. The smallest absolute Gasteiger partial charge is 0.352 e. The van der Waals surface area contributed by atoms with Gasteiger partial charge in [0, 0.05) is 18.3 Å². The largest absolute Gasteiger partial charge is 0.477 e. The van der Waals surface area contributed by atoms with Gasteiger partial charge in [-0.1, -0.05) is 0 Å². The second kappa shape index (κ2) is 6.17. The summed E-state index contributed by atoms with van der Waals surface area (Å²) in [6, 6.07) is 0.983. The summed E-state index contributed by atoms with van der Waals surface area (Å²) in [5.41, 5.74) is -0.0179. The van der Waals surface area contributed by atoms with Gasteiger partial charge in [0.1, 0.15) is 10.6 Å². The van der Waals surface area contributed by atoms with E-state index >= 15 is 0 Å². The highest BCUT2D eigenvalue weighted by molar-refractivity contribution is 7.89. The Hall–Kier alpha value is -1.38. The van der Waals surface area contributed by atoms with Crippen LogP contribution in [0.5, 0.6) is 0 Å². The third-order valence-electron chi connectivity index (χ3n) is 3.57. The molecule has 0 amide bonds. The van der Waals surface area contributed by atoms with Crippen LogP contribution >= 0.6 is 0 Å². The normalized spacial score (nSPS) is 17.3. The highest BCUT2D eigenvalue weighted by Crippen LogP contribution is 2.20. The molecule has 1 aliphatic rings. The Labute approximate surface area is 124 Å². The lowest BCUT2D eigenvalue weighted by molar-refractivity contribution is 0.0683. The van der Waals surface area contributed by atoms with Gasteiger partial charge in [-0.25, -0.2) is 17.9 Å². The van der Waals surface area contributed by atoms with E-state index in [1.807, 2.05) is 13.8 Å². The lowest BCUT2D eigenvalue weighted by Gasteiger charge is -2.23. The number of aromatic nitrogens is 1. The number of nitrogens with one attached hydrogen (secondary N) is 2. The fraction of sp³-hybridized carbons (Fsp3) is 0.615. The molecule has 0 saturated carbocycles. The van der Waals surface area contributed by atoms with E-state index < -0.39 is 16.0 Å². The van der Waals surface area contributed by atoms with Gasteiger partial charge >= 0.3 is 5.97 Å². The second-order valence-corrected chi connectivity index (χ2v) is 7.23. The van der Waals surface area contributed by atoms with E-state index in [2.05, 4.69) is 10.0 Å². The molecule has 1 aromatic rings. The fourth-order valence-corrected chi connectivity index (χ4v) is 3.76. The van der Waals surface area contributed by atoms with Crippen LogP contribution in [0.2, 0.25) is 0 Å². The van der Waals surface area contributed by atoms with Crippen molar-refractivity contribution >= 4 is 16.0 Å². The summed E-state index contributed by atoms with van der Waals surface area (Å²) in [5, 5.41) is 12.3. The minimum atomic E-state index is -3.69. The maximum Gasteiger partial charge on any atom is 0.352 e. The molecule has 0 bridgehead atoms. The molecule has 7 nitrogen and oxygen atoms in total. The summed E-state index contributed by atoms with van der Waals surface area (Å²) < 4.78 is 28.9. The van der Waals surface area contributed by atoms with Crippen LogP contribution in [-0.2, 0) is 10.0 Å². The van der Waals surface area contributed by atoms with E-state index in [-0.39, 0.29) is 22.7 Å². The minimum Gasteiger partial charge on any atom is -0.477 e. The lowest BCUT2D eigenvalue weighted by atomic mass is 10.1. The molecule has 0 radical (unpaired) electrons. The second-order valence-electron chi connectivity index (χ2n) is 5.51. The van der Waals surface area contributed by atoms with Crippen molar-refractivity contribution < 1.29 is 18.3 Å². The minimum absolute atomic E-state index is 0.00660. The van der Waals surface area contributed by atoms with Gasteiger partial charge in [0.2, 0.25) is 10.0 Å². The van der Waals surface area contributed by atoms with Crippen molar-refractivity contribution in [2.24, 2.45) is 0 Å². The number of aromatic carboxylic acids is 1. The van der Waals surface area contributed by atoms with Crippen molar-refractivity contribution in [1.29, 1.82) is 0 Å². The number of hydrogen-bond acceptors (Lipinski definition) is 4. The van der Waals surface area contributed by atoms with Crippen molar-refractivity contribution in [3.63, 3.8) is 0 Å². The van der Waals surface area contributed by atoms with Crippen LogP contribution in [0.25, 0.3) is 0 Å². The number of piperidine rings is 1. The maximum absolute atomic E-state index is 12.4. The average Bonchev–Trinajstić information content (AvgIpc) is 2.85. The van der Waals surface area contributed by atoms with E-state index in [1.54, 1.807) is 0 Å². The van der Waals surface area contributed by atoms with Gasteiger partial charge in [-0.05, 0) is 45.8 Å². The number of carboxylic acids is 1. The van der Waals surface area contributed by atoms with E-state index in [4.69, 9.17) is 0 Å². The van der Waals surface area contributed by atoms with Crippen molar-refractivity contribution in [3.8, 4) is 0 Å². The van der Waals surface area contributed by atoms with Crippen molar-refractivity contribution in [2.45, 2.75) is 43.7 Å². The molecule has 0 aliphatic carbocycles. The molecular formula is C13H21N3O4S. The molecule has 0 atom stereocenters. The maximum atomic E-state index is 12.4. The van der Waals surface area contributed by atoms with Crippen molar-refractivity contribution in [2.75, 3.05) is 13.1 Å². The molecular weight excluding hydrogens is 294 g/mol. The molecule has 2 heterocycles. The zero-order chi connectivity index (χ0) is 15.6. The molecule has 0 unspecified atom stereocenters. The molecule has 21 heavy (non-hydrogen) atoms. The van der Waals surface area contributed by atoms with Gasteiger partial charge in [0.15, 0.2) is 0 Å². The fourth-order valence-electron chi connectivity index (χ4n) is 2.43. The number of carboxylic acid groups (broad SMARTS) is 1. The van der Waals surface area contributed by atoms with Gasteiger partial charge < -0.3 is 15.0 Å². The Bertz CT molecular complexity index is 615. The third kappa shape index (κ3) is 3.63. The predicted molar refractivity (Wildman–Crippen MR) is 78.0 cm³/mol. The molecule has 2 rings (SSSR count). The first-order valence-corrected chi connectivity index (χ1v) is 8.48. The van der Waals surface area contributed by atoms with Gasteiger partial charge in [0.05, 0.1) is 0 Å². The molecule has 3 N–H and O–H groups in total. The van der Waals surface area contributed by atoms with Crippen molar-refractivity contribution in [1.82, 2.24) is 14.6 Å². The first-order valence-electron chi connectivity index (χ1n) is 6.99. The summed E-state index contributed by atoms with van der Waals surface area (Å²) in [6.45, 7) is 5.17. The Morgan fingerprint density at radius 1 is 1.43 bits per heavy atom. The lowest BCUT2D eigenvalue weighted by Crippen LogP contribution is -2.42.